The number of esters is 1. The number of carbonyl (C=O) groups is 2. The van der Waals surface area contributed by atoms with Crippen LogP contribution in [0, 0.1) is 0 Å². The summed E-state index contributed by atoms with van der Waals surface area (Å²) in [5.74, 6) is -0.657. The zero-order chi connectivity index (χ0) is 48.1. The lowest BCUT2D eigenvalue weighted by Gasteiger charge is -2.23. The normalized spacial score (nSPS) is 14.0. The van der Waals surface area contributed by atoms with Crippen LogP contribution in [0.5, 0.6) is 0 Å². The molecule has 6 nitrogen and oxygen atoms in total. The molecular weight excluding hydrogens is 815 g/mol. The molecule has 0 bridgehead atoms. The number of amides is 1. The smallest absolute Gasteiger partial charge is 0.306 e. The number of rotatable bonds is 48. The summed E-state index contributed by atoms with van der Waals surface area (Å²) in [5, 5.41) is 23.8. The van der Waals surface area contributed by atoms with E-state index in [9.17, 15) is 19.8 Å². The third kappa shape index (κ3) is 47.3. The number of nitrogens with one attached hydrogen (secondary N) is 1. The highest BCUT2D eigenvalue weighted by molar-refractivity contribution is 5.78. The highest BCUT2D eigenvalue weighted by Gasteiger charge is 2.23. The van der Waals surface area contributed by atoms with Crippen LogP contribution in [0.1, 0.15) is 245 Å². The molecule has 0 saturated carbocycles. The predicted octanol–water partition coefficient (Wildman–Crippen LogP) is 16.9. The fraction of sp³-hybridized carbons (Fsp3) is 0.700. The van der Waals surface area contributed by atoms with Crippen molar-refractivity contribution in [1.29, 1.82) is 0 Å². The zero-order valence-corrected chi connectivity index (χ0v) is 43.0. The van der Waals surface area contributed by atoms with E-state index in [1.54, 1.807) is 6.08 Å². The number of ether oxygens (including phenoxy) is 1. The molecule has 0 heterocycles. The van der Waals surface area contributed by atoms with Gasteiger partial charge in [-0.15, -0.1) is 0 Å². The molecule has 0 aliphatic rings. The van der Waals surface area contributed by atoms with Gasteiger partial charge in [-0.2, -0.15) is 0 Å². The van der Waals surface area contributed by atoms with E-state index in [0.717, 1.165) is 89.9 Å². The molecule has 0 saturated heterocycles. The topological polar surface area (TPSA) is 95.9 Å². The van der Waals surface area contributed by atoms with Gasteiger partial charge < -0.3 is 20.3 Å². The molecule has 1 amide bonds. The first-order valence-electron chi connectivity index (χ1n) is 27.5. The molecule has 0 aromatic heterocycles. The van der Waals surface area contributed by atoms with E-state index in [4.69, 9.17) is 4.74 Å². The van der Waals surface area contributed by atoms with Crippen LogP contribution in [0.25, 0.3) is 0 Å². The van der Waals surface area contributed by atoms with Crippen molar-refractivity contribution in [2.75, 3.05) is 6.61 Å². The molecule has 0 radical (unpaired) electrons. The van der Waals surface area contributed by atoms with Crippen LogP contribution < -0.4 is 5.32 Å². The van der Waals surface area contributed by atoms with Crippen molar-refractivity contribution in [1.82, 2.24) is 5.32 Å². The minimum Gasteiger partial charge on any atom is -0.458 e. The van der Waals surface area contributed by atoms with Crippen molar-refractivity contribution in [2.24, 2.45) is 0 Å². The third-order valence-electron chi connectivity index (χ3n) is 11.9. The van der Waals surface area contributed by atoms with Crippen molar-refractivity contribution < 1.29 is 24.5 Å². The second-order valence-electron chi connectivity index (χ2n) is 18.2. The van der Waals surface area contributed by atoms with Gasteiger partial charge in [0.2, 0.25) is 5.91 Å². The average Bonchev–Trinajstić information content (AvgIpc) is 3.31. The molecule has 3 unspecified atom stereocenters. The minimum absolute atomic E-state index is 0.0595. The Kier molecular flexibility index (Phi) is 50.2. The second-order valence-corrected chi connectivity index (χ2v) is 18.2. The molecule has 0 aliphatic carbocycles. The Labute approximate surface area is 407 Å². The molecule has 378 valence electrons. The number of allylic oxidation sites excluding steroid dienone is 15. The summed E-state index contributed by atoms with van der Waals surface area (Å²) in [7, 11) is 0. The van der Waals surface area contributed by atoms with Gasteiger partial charge in [-0.05, 0) is 89.5 Å². The Bertz CT molecular complexity index is 1310. The summed E-state index contributed by atoms with van der Waals surface area (Å²) in [6.45, 7) is 6.31. The van der Waals surface area contributed by atoms with Crippen molar-refractivity contribution in [3.8, 4) is 0 Å². The van der Waals surface area contributed by atoms with Crippen LogP contribution in [0.4, 0.5) is 0 Å². The molecule has 0 rings (SSSR count). The summed E-state index contributed by atoms with van der Waals surface area (Å²) in [4.78, 5) is 26.1. The van der Waals surface area contributed by atoms with E-state index in [1.165, 1.54) is 109 Å². The first-order chi connectivity index (χ1) is 32.5. The van der Waals surface area contributed by atoms with Gasteiger partial charge in [0, 0.05) is 6.42 Å². The number of carbonyl (C=O) groups excluding carboxylic acids is 2. The molecule has 6 heteroatoms. The van der Waals surface area contributed by atoms with Crippen molar-refractivity contribution in [3.05, 3.63) is 97.2 Å². The maximum Gasteiger partial charge on any atom is 0.306 e. The molecule has 0 aliphatic heterocycles. The number of aliphatic hydroxyl groups excluding tert-OH is 2. The lowest BCUT2D eigenvalue weighted by Crippen LogP contribution is -2.46. The largest absolute Gasteiger partial charge is 0.458 e. The lowest BCUT2D eigenvalue weighted by atomic mass is 10.0. The maximum atomic E-state index is 13.2. The first kappa shape index (κ1) is 62.8. The van der Waals surface area contributed by atoms with Crippen LogP contribution in [-0.2, 0) is 14.3 Å². The van der Waals surface area contributed by atoms with Gasteiger partial charge >= 0.3 is 5.97 Å². The van der Waals surface area contributed by atoms with Crippen LogP contribution in [0.2, 0.25) is 0 Å². The van der Waals surface area contributed by atoms with Crippen LogP contribution in [-0.4, -0.2) is 46.9 Å². The fourth-order valence-electron chi connectivity index (χ4n) is 7.75. The van der Waals surface area contributed by atoms with Gasteiger partial charge in [-0.1, -0.05) is 240 Å². The number of hydrogen-bond donors (Lipinski definition) is 3. The van der Waals surface area contributed by atoms with Gasteiger partial charge in [-0.25, -0.2) is 0 Å². The average molecular weight is 918 g/mol. The Balaban J connectivity index is 4.72. The number of hydrogen-bond acceptors (Lipinski definition) is 5. The molecule has 0 aromatic carbocycles. The SMILES string of the molecule is CC/C=C/C/C=C/C/C=C/C/C=C/C/C=C/C(CC(=O)NC(CO)C(O)CCCCCCCCCCCCCCCCCC)OC(=O)CCCCCC/C=C\C/C=C\C/C=C\CCCCC. The molecule has 66 heavy (non-hydrogen) atoms. The molecule has 3 N–H and O–H groups in total. The maximum absolute atomic E-state index is 13.2. The summed E-state index contributed by atoms with van der Waals surface area (Å²) >= 11 is 0. The van der Waals surface area contributed by atoms with Gasteiger partial charge in [0.1, 0.15) is 6.10 Å². The van der Waals surface area contributed by atoms with E-state index in [0.29, 0.717) is 19.3 Å². The van der Waals surface area contributed by atoms with Gasteiger partial charge in [0.25, 0.3) is 0 Å². The van der Waals surface area contributed by atoms with Gasteiger partial charge in [-0.3, -0.25) is 9.59 Å². The predicted molar refractivity (Wildman–Crippen MR) is 287 cm³/mol. The molecule has 3 atom stereocenters. The van der Waals surface area contributed by atoms with E-state index in [2.05, 4.69) is 111 Å². The standard InChI is InChI=1S/C60H103NO5/c1-4-7-10-13-16-19-22-25-28-30-32-35-38-41-44-47-50-53-60(65)66-56(51-48-45-42-39-36-33-27-24-21-18-15-12-9-6-3)54-59(64)61-57(55-62)58(63)52-49-46-43-40-37-34-31-29-26-23-20-17-14-11-8-5-2/h9,12,16,18-19,21,25,27-28,32-33,35,39,42,48,51,56-58,62-63H,4-8,10-11,13-15,17,20,22-24,26,29-31,34,36-38,40-41,43-47,49-50,52-55H2,1-3H3,(H,61,64)/b12-9+,19-16-,21-18+,28-25-,33-27+,35-32-,42-39+,51-48+. The highest BCUT2D eigenvalue weighted by atomic mass is 16.5. The second kappa shape index (κ2) is 52.7. The minimum atomic E-state index is -0.829. The van der Waals surface area contributed by atoms with E-state index >= 15 is 0 Å². The Morgan fingerprint density at radius 1 is 0.470 bits per heavy atom. The summed E-state index contributed by atoms with van der Waals surface area (Å²) in [6, 6.07) is -0.753. The van der Waals surface area contributed by atoms with E-state index in [-0.39, 0.29) is 24.9 Å². The molecule has 0 aromatic rings. The molecule has 0 spiro atoms. The summed E-state index contributed by atoms with van der Waals surface area (Å²) in [6.07, 6.45) is 70.7. The van der Waals surface area contributed by atoms with E-state index in [1.807, 2.05) is 6.08 Å². The van der Waals surface area contributed by atoms with E-state index < -0.39 is 18.2 Å². The highest BCUT2D eigenvalue weighted by Crippen LogP contribution is 2.16. The first-order valence-corrected chi connectivity index (χ1v) is 27.5. The van der Waals surface area contributed by atoms with Crippen LogP contribution >= 0.6 is 0 Å². The lowest BCUT2D eigenvalue weighted by molar-refractivity contribution is -0.148. The van der Waals surface area contributed by atoms with Crippen LogP contribution in [0.15, 0.2) is 97.2 Å². The number of unbranched alkanes of at least 4 members (excludes halogenated alkanes) is 22. The van der Waals surface area contributed by atoms with Crippen LogP contribution in [0.3, 0.4) is 0 Å². The third-order valence-corrected chi connectivity index (χ3v) is 11.9. The fourth-order valence-corrected chi connectivity index (χ4v) is 7.75. The summed E-state index contributed by atoms with van der Waals surface area (Å²) in [5.41, 5.74) is 0. The number of aliphatic hydroxyl groups is 2. The quantitative estimate of drug-likeness (QED) is 0.0321. The zero-order valence-electron chi connectivity index (χ0n) is 43.0. The van der Waals surface area contributed by atoms with Crippen molar-refractivity contribution in [2.45, 2.75) is 264 Å². The molecular formula is C60H103NO5. The van der Waals surface area contributed by atoms with Gasteiger partial charge in [0.05, 0.1) is 25.2 Å². The van der Waals surface area contributed by atoms with Gasteiger partial charge in [0.15, 0.2) is 0 Å². The molecule has 0 fully saturated rings. The van der Waals surface area contributed by atoms with Crippen molar-refractivity contribution in [3.63, 3.8) is 0 Å². The van der Waals surface area contributed by atoms with Crippen molar-refractivity contribution >= 4 is 11.9 Å². The summed E-state index contributed by atoms with van der Waals surface area (Å²) < 4.78 is 5.82. The Morgan fingerprint density at radius 3 is 1.32 bits per heavy atom. The monoisotopic (exact) mass is 918 g/mol. The Morgan fingerprint density at radius 2 is 0.848 bits per heavy atom. The Hall–Kier alpha value is -3.22.